The second-order valence-corrected chi connectivity index (χ2v) is 33.8. The Morgan fingerprint density at radius 1 is 0.282 bits per heavy atom. The van der Waals surface area contributed by atoms with Crippen LogP contribution in [0.15, 0.2) is 0 Å². The second-order valence-electron chi connectivity index (χ2n) is 30.9. The minimum atomic E-state index is -4.96. The number of carbonyl (C=O) groups excluding carboxylic acids is 4. The van der Waals surface area contributed by atoms with Crippen LogP contribution in [-0.2, 0) is 65.4 Å². The summed E-state index contributed by atoms with van der Waals surface area (Å²) in [6.07, 6.45) is 67.1. The average Bonchev–Trinajstić information content (AvgIpc) is 0.912. The lowest BCUT2D eigenvalue weighted by molar-refractivity contribution is -0.161. The van der Waals surface area contributed by atoms with Crippen molar-refractivity contribution >= 4 is 39.5 Å². The van der Waals surface area contributed by atoms with Crippen LogP contribution in [0.2, 0.25) is 0 Å². The van der Waals surface area contributed by atoms with E-state index < -0.39 is 97.5 Å². The highest BCUT2D eigenvalue weighted by Crippen LogP contribution is 2.45. The number of aliphatic hydroxyl groups is 1. The van der Waals surface area contributed by atoms with Crippen LogP contribution >= 0.6 is 15.6 Å². The smallest absolute Gasteiger partial charge is 0.462 e. The molecule has 6 atom stereocenters. The van der Waals surface area contributed by atoms with Gasteiger partial charge < -0.3 is 33.8 Å². The average molecular weight is 1510 g/mol. The zero-order valence-electron chi connectivity index (χ0n) is 67.6. The molecule has 612 valence electrons. The van der Waals surface area contributed by atoms with Crippen molar-refractivity contribution in [2.75, 3.05) is 39.6 Å². The first-order valence-corrected chi connectivity index (χ1v) is 46.5. The molecule has 0 aromatic heterocycles. The Bertz CT molecular complexity index is 1980. The maximum absolute atomic E-state index is 13.1. The van der Waals surface area contributed by atoms with E-state index >= 15 is 0 Å². The Labute approximate surface area is 632 Å². The topological polar surface area (TPSA) is 237 Å². The van der Waals surface area contributed by atoms with Crippen LogP contribution in [0.4, 0.5) is 0 Å². The largest absolute Gasteiger partial charge is 0.472 e. The van der Waals surface area contributed by atoms with Gasteiger partial charge in [0.2, 0.25) is 0 Å². The number of esters is 4. The number of aliphatic hydroxyl groups excluding tert-OH is 1. The maximum Gasteiger partial charge on any atom is 0.472 e. The van der Waals surface area contributed by atoms with Gasteiger partial charge in [0.25, 0.3) is 0 Å². The van der Waals surface area contributed by atoms with Crippen molar-refractivity contribution in [3.63, 3.8) is 0 Å². The fourth-order valence-electron chi connectivity index (χ4n) is 13.0. The number of phosphoric acid groups is 2. The third-order valence-electron chi connectivity index (χ3n) is 20.1. The monoisotopic (exact) mass is 1510 g/mol. The molecule has 0 radical (unpaired) electrons. The Morgan fingerprint density at radius 3 is 0.738 bits per heavy atom. The molecule has 0 aromatic rings. The number of phosphoric ester groups is 2. The van der Waals surface area contributed by atoms with Crippen LogP contribution in [0.5, 0.6) is 0 Å². The Balaban J connectivity index is 5.15. The summed E-state index contributed by atoms with van der Waals surface area (Å²) in [5, 5.41) is 10.6. The fourth-order valence-corrected chi connectivity index (χ4v) is 14.6. The summed E-state index contributed by atoms with van der Waals surface area (Å²) in [7, 11) is -9.92. The first-order chi connectivity index (χ1) is 49.9. The number of rotatable bonds is 83. The minimum absolute atomic E-state index is 0.106. The summed E-state index contributed by atoms with van der Waals surface area (Å²) in [5.41, 5.74) is 0. The van der Waals surface area contributed by atoms with E-state index in [1.165, 1.54) is 257 Å². The highest BCUT2D eigenvalue weighted by atomic mass is 31.2. The molecule has 0 bridgehead atoms. The van der Waals surface area contributed by atoms with Gasteiger partial charge in [-0.25, -0.2) is 9.13 Å². The minimum Gasteiger partial charge on any atom is -0.462 e. The van der Waals surface area contributed by atoms with Gasteiger partial charge in [-0.1, -0.05) is 395 Å². The van der Waals surface area contributed by atoms with Crippen molar-refractivity contribution in [1.29, 1.82) is 0 Å². The Morgan fingerprint density at radius 2 is 0.495 bits per heavy atom. The standard InChI is InChI=1S/C84H164O17P2/c1-7-10-12-14-16-18-20-21-22-23-24-25-26-27-31-34-37-40-44-47-54-60-66-81(86)94-72-79(100-84(89)69-63-57-49-45-41-38-35-32-29-28-30-33-36-39-42-46-53-59-65-77(6)9-3)74-98-102(90,91)96-70-78(85)71-97-103(92,93)99-75-80(73-95-82(87)67-61-55-51-50-52-58-64-76(4)5)101-83(88)68-62-56-48-43-19-17-15-13-11-8-2/h76-80,85H,7-75H2,1-6H3,(H,90,91)(H,92,93)/t77?,78-,79-,80-/m1/s1. The summed E-state index contributed by atoms with van der Waals surface area (Å²) in [5.74, 6) is -0.560. The number of unbranched alkanes of at least 4 members (excludes halogenated alkanes) is 52. The van der Waals surface area contributed by atoms with E-state index in [0.29, 0.717) is 31.6 Å². The van der Waals surface area contributed by atoms with Crippen LogP contribution in [-0.4, -0.2) is 96.7 Å². The van der Waals surface area contributed by atoms with Crippen LogP contribution in [0.1, 0.15) is 446 Å². The lowest BCUT2D eigenvalue weighted by Gasteiger charge is -2.21. The van der Waals surface area contributed by atoms with E-state index in [1.54, 1.807) is 0 Å². The molecular weight excluding hydrogens is 1340 g/mol. The third-order valence-corrected chi connectivity index (χ3v) is 22.0. The van der Waals surface area contributed by atoms with Crippen molar-refractivity contribution in [2.24, 2.45) is 11.8 Å². The molecule has 19 heteroatoms. The van der Waals surface area contributed by atoms with E-state index in [4.69, 9.17) is 37.0 Å². The van der Waals surface area contributed by atoms with E-state index in [9.17, 15) is 43.2 Å². The lowest BCUT2D eigenvalue weighted by Crippen LogP contribution is -2.30. The quantitative estimate of drug-likeness (QED) is 0.0222. The molecule has 0 heterocycles. The van der Waals surface area contributed by atoms with Crippen molar-refractivity contribution in [3.05, 3.63) is 0 Å². The van der Waals surface area contributed by atoms with Gasteiger partial charge in [0, 0.05) is 25.7 Å². The zero-order valence-corrected chi connectivity index (χ0v) is 69.4. The predicted octanol–water partition coefficient (Wildman–Crippen LogP) is 25.5. The van der Waals surface area contributed by atoms with Crippen LogP contribution < -0.4 is 0 Å². The number of carbonyl (C=O) groups is 4. The zero-order chi connectivity index (χ0) is 75.6. The maximum atomic E-state index is 13.1. The summed E-state index contributed by atoms with van der Waals surface area (Å²) >= 11 is 0. The Hall–Kier alpha value is -1.94. The molecule has 17 nitrogen and oxygen atoms in total. The first kappa shape index (κ1) is 101. The summed E-state index contributed by atoms with van der Waals surface area (Å²) < 4.78 is 68.7. The predicted molar refractivity (Wildman–Crippen MR) is 423 cm³/mol. The molecule has 0 saturated carbocycles. The van der Waals surface area contributed by atoms with Gasteiger partial charge in [0.15, 0.2) is 12.2 Å². The summed E-state index contributed by atoms with van der Waals surface area (Å²) in [4.78, 5) is 73.0. The van der Waals surface area contributed by atoms with Crippen molar-refractivity contribution in [3.8, 4) is 0 Å². The number of ether oxygens (including phenoxy) is 4. The van der Waals surface area contributed by atoms with Gasteiger partial charge in [0.1, 0.15) is 19.3 Å². The van der Waals surface area contributed by atoms with Gasteiger partial charge in [-0.2, -0.15) is 0 Å². The summed E-state index contributed by atoms with van der Waals surface area (Å²) in [6.45, 7) is 9.61. The molecule has 0 saturated heterocycles. The SMILES string of the molecule is CCCCCCCCCCCCCCCCCCCCCCCCC(=O)OC[C@H](COP(=O)(O)OC[C@@H](O)COP(=O)(O)OC[C@@H](COC(=O)CCCCCCCCC(C)C)OC(=O)CCCCCCCCCCCC)OC(=O)CCCCCCCCCCCCCCCCCCCCC(C)CC. The molecule has 0 fully saturated rings. The van der Waals surface area contributed by atoms with E-state index in [1.807, 2.05) is 0 Å². The molecule has 0 spiro atoms. The van der Waals surface area contributed by atoms with Crippen LogP contribution in [0, 0.1) is 11.8 Å². The van der Waals surface area contributed by atoms with Crippen molar-refractivity contribution in [1.82, 2.24) is 0 Å². The molecule has 3 N–H and O–H groups in total. The van der Waals surface area contributed by atoms with Crippen LogP contribution in [0.3, 0.4) is 0 Å². The third kappa shape index (κ3) is 76.6. The van der Waals surface area contributed by atoms with Gasteiger partial charge in [-0.05, 0) is 37.5 Å². The van der Waals surface area contributed by atoms with Crippen molar-refractivity contribution < 1.29 is 80.2 Å². The molecule has 103 heavy (non-hydrogen) atoms. The summed E-state index contributed by atoms with van der Waals surface area (Å²) in [6, 6.07) is 0. The van der Waals surface area contributed by atoms with E-state index in [2.05, 4.69) is 41.5 Å². The fraction of sp³-hybridized carbons (Fsp3) is 0.952. The molecule has 0 rings (SSSR count). The molecule has 0 amide bonds. The number of hydrogen-bond donors (Lipinski definition) is 3. The molecule has 0 aliphatic carbocycles. The molecule has 0 aromatic carbocycles. The van der Waals surface area contributed by atoms with E-state index in [-0.39, 0.29) is 25.7 Å². The van der Waals surface area contributed by atoms with Gasteiger partial charge in [-0.15, -0.1) is 0 Å². The molecule has 0 aliphatic heterocycles. The van der Waals surface area contributed by atoms with Crippen molar-refractivity contribution in [2.45, 2.75) is 464 Å². The highest BCUT2D eigenvalue weighted by molar-refractivity contribution is 7.47. The molecule has 0 aliphatic rings. The van der Waals surface area contributed by atoms with Gasteiger partial charge >= 0.3 is 39.5 Å². The Kier molecular flexibility index (Phi) is 74.1. The first-order valence-electron chi connectivity index (χ1n) is 43.5. The number of hydrogen-bond acceptors (Lipinski definition) is 15. The van der Waals surface area contributed by atoms with E-state index in [0.717, 1.165) is 102 Å². The normalized spacial score (nSPS) is 14.1. The highest BCUT2D eigenvalue weighted by Gasteiger charge is 2.30. The molecular formula is C84H164O17P2. The second kappa shape index (κ2) is 75.5. The molecule has 3 unspecified atom stereocenters. The van der Waals surface area contributed by atoms with Gasteiger partial charge in [0.05, 0.1) is 26.4 Å². The van der Waals surface area contributed by atoms with Crippen LogP contribution in [0.25, 0.3) is 0 Å². The van der Waals surface area contributed by atoms with Gasteiger partial charge in [-0.3, -0.25) is 37.3 Å². The lowest BCUT2D eigenvalue weighted by atomic mass is 9.99.